The second kappa shape index (κ2) is 17.7. The molecule has 0 saturated carbocycles. The monoisotopic (exact) mass is 661 g/mol. The Labute approximate surface area is 282 Å². The van der Waals surface area contributed by atoms with Crippen LogP contribution in [0.15, 0.2) is 72.4 Å². The van der Waals surface area contributed by atoms with Crippen LogP contribution in [0, 0.1) is 0 Å². The summed E-state index contributed by atoms with van der Waals surface area (Å²) in [4.78, 5) is 33.3. The molecule has 0 bridgehead atoms. The van der Waals surface area contributed by atoms with Gasteiger partial charge in [-0.1, -0.05) is 106 Å². The second-order valence-corrected chi connectivity index (χ2v) is 15.1. The van der Waals surface area contributed by atoms with Crippen LogP contribution in [0.2, 0.25) is 0 Å². The Morgan fingerprint density at radius 2 is 1.13 bits per heavy atom. The third kappa shape index (κ3) is 10.3. The first-order valence-corrected chi connectivity index (χ1v) is 19.0. The fourth-order valence-corrected chi connectivity index (χ4v) is 7.48. The summed E-state index contributed by atoms with van der Waals surface area (Å²) in [6.07, 6.45) is 9.47. The highest BCUT2D eigenvalue weighted by Gasteiger charge is 2.27. The van der Waals surface area contributed by atoms with Crippen LogP contribution in [0.3, 0.4) is 0 Å². The molecule has 0 heterocycles. The van der Waals surface area contributed by atoms with E-state index in [2.05, 4.69) is 42.0 Å². The molecular weight excluding hydrogens is 607 g/mol. The first kappa shape index (κ1) is 38.1. The molecule has 0 N–H and O–H groups in total. The summed E-state index contributed by atoms with van der Waals surface area (Å²) in [5.74, 6) is -0.0106. The van der Waals surface area contributed by atoms with Crippen molar-refractivity contribution in [3.8, 4) is 0 Å². The van der Waals surface area contributed by atoms with Crippen LogP contribution >= 0.6 is 0 Å². The standard InChI is InChI=1S/C39H55N3O4S/c1-9-11-13-15-23-42(24-16-14-12-10-2)32-19-17-31(18-20-32)40-37-35(43)21-22-36(44)38(37)41-47(45,46)39-33(28(5)6)25-30(27(3)4)26-34(39)29(7)8/h17-22,25-29H,9-16,23-24H2,1-8H3. The Balaban J connectivity index is 2.14. The van der Waals surface area contributed by atoms with Crippen LogP contribution in [0.1, 0.15) is 141 Å². The van der Waals surface area contributed by atoms with Gasteiger partial charge in [0, 0.05) is 18.8 Å². The minimum atomic E-state index is -4.39. The Bertz CT molecular complexity index is 1760. The third-order valence-electron chi connectivity index (χ3n) is 8.64. The number of nitrogens with zero attached hydrogens (tertiary/aromatic N) is 3. The largest absolute Gasteiger partial charge is 0.372 e. The Kier molecular flexibility index (Phi) is 14.3. The Morgan fingerprint density at radius 3 is 1.57 bits per heavy atom. The minimum Gasteiger partial charge on any atom is -0.372 e. The van der Waals surface area contributed by atoms with Crippen LogP contribution in [0.25, 0.3) is 0 Å². The second-order valence-electron chi connectivity index (χ2n) is 13.6. The lowest BCUT2D eigenvalue weighted by molar-refractivity contribution is 0.591. The molecule has 0 saturated heterocycles. The predicted octanol–water partition coefficient (Wildman–Crippen LogP) is 8.14. The zero-order valence-electron chi connectivity index (χ0n) is 29.8. The van der Waals surface area contributed by atoms with E-state index in [1.807, 2.05) is 64.1 Å². The highest BCUT2D eigenvalue weighted by Crippen LogP contribution is 2.35. The van der Waals surface area contributed by atoms with Gasteiger partial charge >= 0.3 is 0 Å². The predicted molar refractivity (Wildman–Crippen MR) is 195 cm³/mol. The van der Waals surface area contributed by atoms with Crippen molar-refractivity contribution in [3.63, 3.8) is 0 Å². The fraction of sp³-hybridized carbons (Fsp3) is 0.538. The first-order valence-electron chi connectivity index (χ1n) is 17.5. The summed E-state index contributed by atoms with van der Waals surface area (Å²) in [7, 11) is -4.39. The van der Waals surface area contributed by atoms with Crippen molar-refractivity contribution >= 4 is 21.4 Å². The maximum absolute atomic E-state index is 14.1. The zero-order valence-corrected chi connectivity index (χ0v) is 30.6. The molecule has 0 spiro atoms. The molecule has 0 fully saturated rings. The number of hydrogen-bond acceptors (Lipinski definition) is 6. The van der Waals surface area contributed by atoms with Crippen LogP contribution < -0.4 is 26.5 Å². The molecule has 0 aliphatic carbocycles. The lowest BCUT2D eigenvalue weighted by Gasteiger charge is -2.25. The highest BCUT2D eigenvalue weighted by atomic mass is 32.2. The van der Waals surface area contributed by atoms with E-state index >= 15 is 0 Å². The first-order chi connectivity index (χ1) is 22.3. The quantitative estimate of drug-likeness (QED) is 0.136. The molecule has 0 aromatic heterocycles. The summed E-state index contributed by atoms with van der Waals surface area (Å²) in [5, 5.41) is -0.715. The van der Waals surface area contributed by atoms with Gasteiger partial charge in [-0.15, -0.1) is 0 Å². The summed E-state index contributed by atoms with van der Waals surface area (Å²) >= 11 is 0. The van der Waals surface area contributed by atoms with E-state index in [0.29, 0.717) is 16.8 Å². The van der Waals surface area contributed by atoms with E-state index in [1.54, 1.807) is 0 Å². The molecule has 7 nitrogen and oxygen atoms in total. The number of anilines is 1. The smallest absolute Gasteiger partial charge is 0.283 e. The summed E-state index contributed by atoms with van der Waals surface area (Å²) in [6.45, 7) is 18.3. The van der Waals surface area contributed by atoms with Gasteiger partial charge in [0.2, 0.25) is 10.9 Å². The van der Waals surface area contributed by atoms with Crippen LogP contribution in [0.5, 0.6) is 0 Å². The SMILES string of the molecule is CCCCCCN(CCCCCC)c1ccc(N=c2c(=O)ccc(=O)c2=NS(=O)(=O)c2c(C(C)C)cc(C(C)C)cc2C(C)C)cc1. The van der Waals surface area contributed by atoms with E-state index in [1.165, 1.54) is 38.5 Å². The van der Waals surface area contributed by atoms with Gasteiger partial charge in [0.25, 0.3) is 10.0 Å². The van der Waals surface area contributed by atoms with Gasteiger partial charge in [0.15, 0.2) is 5.36 Å². The van der Waals surface area contributed by atoms with E-state index in [9.17, 15) is 18.0 Å². The molecule has 47 heavy (non-hydrogen) atoms. The minimum absolute atomic E-state index is 0.107. The van der Waals surface area contributed by atoms with Gasteiger partial charge in [-0.25, -0.2) is 4.99 Å². The molecule has 0 atom stereocenters. The molecule has 0 radical (unpaired) electrons. The van der Waals surface area contributed by atoms with Crippen LogP contribution in [-0.2, 0) is 10.0 Å². The normalized spacial score (nSPS) is 13.0. The van der Waals surface area contributed by atoms with Gasteiger partial charge in [-0.2, -0.15) is 12.8 Å². The molecule has 0 aliphatic rings. The molecule has 0 amide bonds. The lowest BCUT2D eigenvalue weighted by atomic mass is 9.89. The molecule has 8 heteroatoms. The number of rotatable bonds is 17. The average molecular weight is 662 g/mol. The van der Waals surface area contributed by atoms with Gasteiger partial charge in [-0.3, -0.25) is 9.59 Å². The summed E-state index contributed by atoms with van der Waals surface area (Å²) < 4.78 is 32.3. The molecular formula is C39H55N3O4S. The topological polar surface area (TPSA) is 96.2 Å². The molecule has 3 rings (SSSR count). The molecule has 0 aliphatic heterocycles. The van der Waals surface area contributed by atoms with Gasteiger partial charge < -0.3 is 4.90 Å². The summed E-state index contributed by atoms with van der Waals surface area (Å²) in [5.41, 5.74) is 2.66. The number of benzene rings is 3. The molecule has 3 aromatic carbocycles. The van der Waals surface area contributed by atoms with Gasteiger partial charge in [0.05, 0.1) is 10.6 Å². The van der Waals surface area contributed by atoms with Crippen LogP contribution in [-0.4, -0.2) is 21.5 Å². The number of hydrogen-bond donors (Lipinski definition) is 0. The average Bonchev–Trinajstić information content (AvgIpc) is 3.03. The van der Waals surface area contributed by atoms with E-state index in [-0.39, 0.29) is 28.0 Å². The third-order valence-corrected chi connectivity index (χ3v) is 10.1. The number of unbranched alkanes of at least 4 members (excludes halogenated alkanes) is 6. The van der Waals surface area contributed by atoms with Crippen molar-refractivity contribution in [1.29, 1.82) is 0 Å². The fourth-order valence-electron chi connectivity index (χ4n) is 5.79. The van der Waals surface area contributed by atoms with Crippen LogP contribution in [0.4, 0.5) is 11.4 Å². The van der Waals surface area contributed by atoms with Crippen molar-refractivity contribution in [1.82, 2.24) is 0 Å². The van der Waals surface area contributed by atoms with Crippen molar-refractivity contribution in [2.24, 2.45) is 9.39 Å². The number of sulfonamides is 1. The highest BCUT2D eigenvalue weighted by molar-refractivity contribution is 7.90. The van der Waals surface area contributed by atoms with Gasteiger partial charge in [-0.05, 0) is 83.7 Å². The molecule has 0 unspecified atom stereocenters. The Morgan fingerprint density at radius 1 is 0.638 bits per heavy atom. The van der Waals surface area contributed by atoms with E-state index in [0.717, 1.165) is 49.3 Å². The van der Waals surface area contributed by atoms with Crippen molar-refractivity contribution < 1.29 is 8.42 Å². The van der Waals surface area contributed by atoms with E-state index in [4.69, 9.17) is 0 Å². The molecule has 256 valence electrons. The van der Waals surface area contributed by atoms with Crippen molar-refractivity contribution in [2.45, 2.75) is 129 Å². The van der Waals surface area contributed by atoms with E-state index < -0.39 is 26.2 Å². The molecule has 3 aromatic rings. The van der Waals surface area contributed by atoms with Crippen molar-refractivity contribution in [2.75, 3.05) is 18.0 Å². The maximum Gasteiger partial charge on any atom is 0.283 e. The van der Waals surface area contributed by atoms with Gasteiger partial charge in [0.1, 0.15) is 5.36 Å². The maximum atomic E-state index is 14.1. The zero-order chi connectivity index (χ0) is 34.7. The van der Waals surface area contributed by atoms with Crippen molar-refractivity contribution in [3.05, 3.63) is 96.4 Å². The Hall–Kier alpha value is -3.39. The lowest BCUT2D eigenvalue weighted by Crippen LogP contribution is -2.48. The summed E-state index contributed by atoms with van der Waals surface area (Å²) in [6, 6.07) is 13.6.